The highest BCUT2D eigenvalue weighted by Crippen LogP contribution is 2.10. The minimum Gasteiger partial charge on any atom is -0.326 e. The Morgan fingerprint density at radius 2 is 2.21 bits per heavy atom. The maximum Gasteiger partial charge on any atom is 0.225 e. The fraction of sp³-hybridized carbons (Fsp3) is 0.533. The van der Waals surface area contributed by atoms with Gasteiger partial charge in [0.25, 0.3) is 0 Å². The molecule has 0 aromatic heterocycles. The van der Waals surface area contributed by atoms with Crippen molar-refractivity contribution < 1.29 is 4.79 Å². The van der Waals surface area contributed by atoms with E-state index in [0.717, 1.165) is 24.2 Å². The molecular formula is C15H25N3O. The van der Waals surface area contributed by atoms with Crippen LogP contribution in [0.5, 0.6) is 0 Å². The van der Waals surface area contributed by atoms with E-state index in [-0.39, 0.29) is 5.91 Å². The third kappa shape index (κ3) is 5.41. The molecule has 0 spiro atoms. The van der Waals surface area contributed by atoms with E-state index < -0.39 is 0 Å². The maximum absolute atomic E-state index is 11.9. The maximum atomic E-state index is 11.9. The van der Waals surface area contributed by atoms with E-state index >= 15 is 0 Å². The SMILES string of the molecule is CCC(C)N(C)CCC(=O)Nc1cccc(CN)c1. The first-order valence-electron chi connectivity index (χ1n) is 6.86. The molecule has 0 radical (unpaired) electrons. The molecule has 0 aliphatic rings. The largest absolute Gasteiger partial charge is 0.326 e. The van der Waals surface area contributed by atoms with Crippen molar-refractivity contribution in [1.82, 2.24) is 4.90 Å². The van der Waals surface area contributed by atoms with Crippen LogP contribution in [-0.4, -0.2) is 30.4 Å². The van der Waals surface area contributed by atoms with Crippen molar-refractivity contribution in [3.63, 3.8) is 0 Å². The Bertz CT molecular complexity index is 406. The Morgan fingerprint density at radius 3 is 2.84 bits per heavy atom. The molecule has 1 rings (SSSR count). The molecule has 1 unspecified atom stereocenters. The van der Waals surface area contributed by atoms with E-state index in [1.165, 1.54) is 0 Å². The zero-order valence-electron chi connectivity index (χ0n) is 12.1. The smallest absolute Gasteiger partial charge is 0.225 e. The molecule has 1 amide bonds. The third-order valence-corrected chi connectivity index (χ3v) is 3.48. The second-order valence-electron chi connectivity index (χ2n) is 4.94. The predicted octanol–water partition coefficient (Wildman–Crippen LogP) is 2.20. The summed E-state index contributed by atoms with van der Waals surface area (Å²) in [6.45, 7) is 5.58. The van der Waals surface area contributed by atoms with Gasteiger partial charge in [0.15, 0.2) is 0 Å². The Labute approximate surface area is 116 Å². The Kier molecular flexibility index (Phi) is 6.53. The van der Waals surface area contributed by atoms with E-state index in [9.17, 15) is 4.79 Å². The van der Waals surface area contributed by atoms with Crippen LogP contribution < -0.4 is 11.1 Å². The van der Waals surface area contributed by atoms with Gasteiger partial charge in [0, 0.05) is 31.2 Å². The number of rotatable bonds is 7. The molecule has 0 saturated heterocycles. The summed E-state index contributed by atoms with van der Waals surface area (Å²) in [6, 6.07) is 8.16. The number of nitrogens with zero attached hydrogens (tertiary/aromatic N) is 1. The van der Waals surface area contributed by atoms with Gasteiger partial charge in [-0.3, -0.25) is 4.79 Å². The quantitative estimate of drug-likeness (QED) is 0.793. The summed E-state index contributed by atoms with van der Waals surface area (Å²) < 4.78 is 0. The summed E-state index contributed by atoms with van der Waals surface area (Å²) in [7, 11) is 2.05. The molecule has 0 aliphatic carbocycles. The molecule has 0 saturated carbocycles. The van der Waals surface area contributed by atoms with Crippen LogP contribution in [0.15, 0.2) is 24.3 Å². The zero-order chi connectivity index (χ0) is 14.3. The molecule has 4 nitrogen and oxygen atoms in total. The van der Waals surface area contributed by atoms with Gasteiger partial charge in [-0.25, -0.2) is 0 Å². The van der Waals surface area contributed by atoms with Gasteiger partial charge < -0.3 is 16.0 Å². The lowest BCUT2D eigenvalue weighted by molar-refractivity contribution is -0.116. The molecule has 4 heteroatoms. The lowest BCUT2D eigenvalue weighted by Crippen LogP contribution is -2.31. The van der Waals surface area contributed by atoms with Gasteiger partial charge in [0.05, 0.1) is 0 Å². The second kappa shape index (κ2) is 7.92. The number of carbonyl (C=O) groups excluding carboxylic acids is 1. The van der Waals surface area contributed by atoms with Crippen LogP contribution in [0.4, 0.5) is 5.69 Å². The van der Waals surface area contributed by atoms with Crippen molar-refractivity contribution in [3.8, 4) is 0 Å². The molecular weight excluding hydrogens is 238 g/mol. The summed E-state index contributed by atoms with van der Waals surface area (Å²) in [6.07, 6.45) is 1.60. The lowest BCUT2D eigenvalue weighted by atomic mass is 10.2. The number of carbonyl (C=O) groups is 1. The fourth-order valence-electron chi connectivity index (χ4n) is 1.81. The molecule has 0 heterocycles. The monoisotopic (exact) mass is 263 g/mol. The van der Waals surface area contributed by atoms with Crippen molar-refractivity contribution in [2.75, 3.05) is 18.9 Å². The number of nitrogens with two attached hydrogens (primary N) is 1. The van der Waals surface area contributed by atoms with Gasteiger partial charge in [-0.2, -0.15) is 0 Å². The van der Waals surface area contributed by atoms with Crippen LogP contribution in [-0.2, 0) is 11.3 Å². The number of nitrogens with one attached hydrogen (secondary N) is 1. The summed E-state index contributed by atoms with van der Waals surface area (Å²) in [5.41, 5.74) is 7.42. The molecule has 0 fully saturated rings. The van der Waals surface area contributed by atoms with Crippen molar-refractivity contribution in [2.24, 2.45) is 5.73 Å². The van der Waals surface area contributed by atoms with E-state index in [1.54, 1.807) is 0 Å². The fourth-order valence-corrected chi connectivity index (χ4v) is 1.81. The number of amides is 1. The third-order valence-electron chi connectivity index (χ3n) is 3.48. The van der Waals surface area contributed by atoms with Crippen LogP contribution in [0, 0.1) is 0 Å². The molecule has 0 aliphatic heterocycles. The van der Waals surface area contributed by atoms with Crippen LogP contribution >= 0.6 is 0 Å². The molecule has 0 bridgehead atoms. The number of hydrogen-bond donors (Lipinski definition) is 2. The first-order valence-corrected chi connectivity index (χ1v) is 6.86. The van der Waals surface area contributed by atoms with Gasteiger partial charge in [0.2, 0.25) is 5.91 Å². The van der Waals surface area contributed by atoms with E-state index in [1.807, 2.05) is 24.3 Å². The van der Waals surface area contributed by atoms with Crippen molar-refractivity contribution in [2.45, 2.75) is 39.3 Å². The average Bonchev–Trinajstić information content (AvgIpc) is 2.44. The topological polar surface area (TPSA) is 58.4 Å². The van der Waals surface area contributed by atoms with E-state index in [0.29, 0.717) is 19.0 Å². The number of hydrogen-bond acceptors (Lipinski definition) is 3. The second-order valence-corrected chi connectivity index (χ2v) is 4.94. The average molecular weight is 263 g/mol. The molecule has 19 heavy (non-hydrogen) atoms. The molecule has 1 atom stereocenters. The highest BCUT2D eigenvalue weighted by Gasteiger charge is 2.09. The normalized spacial score (nSPS) is 12.5. The van der Waals surface area contributed by atoms with E-state index in [4.69, 9.17) is 5.73 Å². The van der Waals surface area contributed by atoms with Crippen molar-refractivity contribution in [3.05, 3.63) is 29.8 Å². The molecule has 1 aromatic carbocycles. The zero-order valence-corrected chi connectivity index (χ0v) is 12.1. The van der Waals surface area contributed by atoms with Crippen molar-refractivity contribution >= 4 is 11.6 Å². The first-order chi connectivity index (χ1) is 9.06. The number of benzene rings is 1. The van der Waals surface area contributed by atoms with Crippen LogP contribution in [0.2, 0.25) is 0 Å². The van der Waals surface area contributed by atoms with Crippen LogP contribution in [0.25, 0.3) is 0 Å². The minimum absolute atomic E-state index is 0.0457. The Morgan fingerprint density at radius 1 is 1.47 bits per heavy atom. The van der Waals surface area contributed by atoms with Crippen LogP contribution in [0.1, 0.15) is 32.3 Å². The summed E-state index contributed by atoms with van der Waals surface area (Å²) >= 11 is 0. The highest BCUT2D eigenvalue weighted by atomic mass is 16.1. The Hall–Kier alpha value is -1.39. The minimum atomic E-state index is 0.0457. The summed E-state index contributed by atoms with van der Waals surface area (Å²) in [5.74, 6) is 0.0457. The van der Waals surface area contributed by atoms with Gasteiger partial charge >= 0.3 is 0 Å². The standard InChI is InChI=1S/C15H25N3O/c1-4-12(2)18(3)9-8-15(19)17-14-7-5-6-13(10-14)11-16/h5-7,10,12H,4,8-9,11,16H2,1-3H3,(H,17,19). The molecule has 1 aromatic rings. The van der Waals surface area contributed by atoms with Gasteiger partial charge in [-0.05, 0) is 38.1 Å². The van der Waals surface area contributed by atoms with E-state index in [2.05, 4.69) is 31.1 Å². The predicted molar refractivity (Wildman–Crippen MR) is 80.0 cm³/mol. The Balaban J connectivity index is 2.42. The first kappa shape index (κ1) is 15.7. The number of anilines is 1. The van der Waals surface area contributed by atoms with Gasteiger partial charge in [-0.15, -0.1) is 0 Å². The molecule has 106 valence electrons. The summed E-state index contributed by atoms with van der Waals surface area (Å²) in [4.78, 5) is 14.1. The highest BCUT2D eigenvalue weighted by molar-refractivity contribution is 5.90. The summed E-state index contributed by atoms with van der Waals surface area (Å²) in [5, 5.41) is 2.91. The van der Waals surface area contributed by atoms with Gasteiger partial charge in [0.1, 0.15) is 0 Å². The molecule has 3 N–H and O–H groups in total. The van der Waals surface area contributed by atoms with Gasteiger partial charge in [-0.1, -0.05) is 19.1 Å². The van der Waals surface area contributed by atoms with Crippen LogP contribution in [0.3, 0.4) is 0 Å². The van der Waals surface area contributed by atoms with Crippen molar-refractivity contribution in [1.29, 1.82) is 0 Å². The lowest BCUT2D eigenvalue weighted by Gasteiger charge is -2.22.